The second kappa shape index (κ2) is 11.4. The van der Waals surface area contributed by atoms with Gasteiger partial charge in [0.25, 0.3) is 11.7 Å². The second-order valence-corrected chi connectivity index (χ2v) is 9.13. The molecule has 0 bridgehead atoms. The van der Waals surface area contributed by atoms with Crippen molar-refractivity contribution in [1.82, 2.24) is 4.90 Å². The van der Waals surface area contributed by atoms with Gasteiger partial charge in [0.05, 0.1) is 11.6 Å². The Morgan fingerprint density at radius 3 is 2.47 bits per heavy atom. The lowest BCUT2D eigenvalue weighted by molar-refractivity contribution is -0.140. The van der Waals surface area contributed by atoms with Gasteiger partial charge in [-0.05, 0) is 60.9 Å². The Bertz CT molecular complexity index is 1280. The molecule has 1 heterocycles. The molecule has 1 aliphatic rings. The van der Waals surface area contributed by atoms with Gasteiger partial charge in [-0.2, -0.15) is 0 Å². The average molecular weight is 506 g/mol. The zero-order valence-corrected chi connectivity index (χ0v) is 21.0. The van der Waals surface area contributed by atoms with E-state index in [2.05, 4.69) is 6.07 Å². The third-order valence-corrected chi connectivity index (χ3v) is 6.30. The number of Topliss-reactive ketones (excluding diaryl/α,β-unsaturated/α-hetero) is 1. The number of amides is 1. The summed E-state index contributed by atoms with van der Waals surface area (Å²) < 4.78 is 11.0. The number of aryl methyl sites for hydroxylation is 1. The van der Waals surface area contributed by atoms with E-state index in [1.165, 1.54) is 4.90 Å². The summed E-state index contributed by atoms with van der Waals surface area (Å²) in [5.74, 6) is -0.998. The minimum Gasteiger partial charge on any atom is -0.507 e. The number of aliphatic hydroxyl groups is 1. The maximum Gasteiger partial charge on any atom is 0.295 e. The van der Waals surface area contributed by atoms with Crippen molar-refractivity contribution in [3.63, 3.8) is 0 Å². The summed E-state index contributed by atoms with van der Waals surface area (Å²) in [7, 11) is 1.58. The van der Waals surface area contributed by atoms with E-state index in [4.69, 9.17) is 21.1 Å². The Hall–Kier alpha value is -3.61. The first-order chi connectivity index (χ1) is 17.4. The minimum atomic E-state index is -0.752. The van der Waals surface area contributed by atoms with E-state index in [-0.39, 0.29) is 11.3 Å². The fourth-order valence-electron chi connectivity index (χ4n) is 4.35. The van der Waals surface area contributed by atoms with Crippen molar-refractivity contribution in [2.75, 3.05) is 20.3 Å². The number of hydrogen-bond donors (Lipinski definition) is 1. The van der Waals surface area contributed by atoms with Crippen molar-refractivity contribution in [3.8, 4) is 5.75 Å². The van der Waals surface area contributed by atoms with Crippen LogP contribution in [0.5, 0.6) is 5.75 Å². The highest BCUT2D eigenvalue weighted by Crippen LogP contribution is 2.40. The van der Waals surface area contributed by atoms with Gasteiger partial charge in [-0.1, -0.05) is 53.6 Å². The van der Waals surface area contributed by atoms with E-state index in [1.54, 1.807) is 55.6 Å². The van der Waals surface area contributed by atoms with Gasteiger partial charge in [-0.25, -0.2) is 0 Å². The number of halogens is 1. The molecule has 1 saturated heterocycles. The summed E-state index contributed by atoms with van der Waals surface area (Å²) in [4.78, 5) is 27.5. The Morgan fingerprint density at radius 2 is 1.78 bits per heavy atom. The molecule has 0 radical (unpaired) electrons. The molecule has 7 heteroatoms. The normalized spacial score (nSPS) is 17.0. The molecule has 1 fully saturated rings. The third-order valence-electron chi connectivity index (χ3n) is 6.07. The highest BCUT2D eigenvalue weighted by atomic mass is 35.5. The van der Waals surface area contributed by atoms with Crippen LogP contribution in [-0.2, 0) is 20.9 Å². The van der Waals surface area contributed by atoms with Gasteiger partial charge >= 0.3 is 0 Å². The lowest BCUT2D eigenvalue weighted by Crippen LogP contribution is -2.31. The first kappa shape index (κ1) is 25.5. The molecule has 4 rings (SSSR count). The standard InChI is InChI=1S/C29H28ClNO5/c1-19-6-3-7-20(16-19)18-36-24-12-10-21(11-13-24)27(32)25-26(22-8-4-9-23(30)17-22)31(14-5-15-35-2)29(34)28(25)33/h3-4,6-13,16-17,26,32H,5,14-15,18H2,1-2H3/b27-25+/t26-/m1/s1. The number of ether oxygens (including phenoxy) is 2. The summed E-state index contributed by atoms with van der Waals surface area (Å²) in [5.41, 5.74) is 3.31. The molecule has 186 valence electrons. The first-order valence-corrected chi connectivity index (χ1v) is 12.1. The van der Waals surface area contributed by atoms with Crippen LogP contribution in [0, 0.1) is 6.92 Å². The highest BCUT2D eigenvalue weighted by Gasteiger charge is 2.45. The predicted molar refractivity (Wildman–Crippen MR) is 139 cm³/mol. The molecule has 6 nitrogen and oxygen atoms in total. The molecular weight excluding hydrogens is 478 g/mol. The molecule has 3 aromatic carbocycles. The smallest absolute Gasteiger partial charge is 0.295 e. The Labute approximate surface area is 215 Å². The Balaban J connectivity index is 1.63. The largest absolute Gasteiger partial charge is 0.507 e. The molecule has 1 atom stereocenters. The van der Waals surface area contributed by atoms with Crippen LogP contribution in [0.25, 0.3) is 5.76 Å². The number of hydrogen-bond acceptors (Lipinski definition) is 5. The van der Waals surface area contributed by atoms with Gasteiger partial charge in [-0.15, -0.1) is 0 Å². The highest BCUT2D eigenvalue weighted by molar-refractivity contribution is 6.46. The molecule has 0 aromatic heterocycles. The molecule has 0 spiro atoms. The lowest BCUT2D eigenvalue weighted by atomic mass is 9.95. The number of carbonyl (C=O) groups is 2. The number of carbonyl (C=O) groups excluding carboxylic acids is 2. The molecule has 1 amide bonds. The quantitative estimate of drug-likeness (QED) is 0.175. The summed E-state index contributed by atoms with van der Waals surface area (Å²) in [6, 6.07) is 21.1. The van der Waals surface area contributed by atoms with Gasteiger partial charge in [0.2, 0.25) is 0 Å². The van der Waals surface area contributed by atoms with Crippen LogP contribution >= 0.6 is 11.6 Å². The van der Waals surface area contributed by atoms with Crippen molar-refractivity contribution < 1.29 is 24.2 Å². The second-order valence-electron chi connectivity index (χ2n) is 8.70. The van der Waals surface area contributed by atoms with E-state index >= 15 is 0 Å². The molecule has 1 aliphatic heterocycles. The zero-order chi connectivity index (χ0) is 25.7. The predicted octanol–water partition coefficient (Wildman–Crippen LogP) is 5.69. The molecule has 0 unspecified atom stereocenters. The third kappa shape index (κ3) is 5.61. The van der Waals surface area contributed by atoms with Gasteiger partial charge in [0, 0.05) is 30.8 Å². The number of benzene rings is 3. The monoisotopic (exact) mass is 505 g/mol. The van der Waals surface area contributed by atoms with Crippen molar-refractivity contribution in [2.45, 2.75) is 26.0 Å². The summed E-state index contributed by atoms with van der Waals surface area (Å²) in [6.45, 7) is 3.18. The number of ketones is 1. The van der Waals surface area contributed by atoms with Gasteiger partial charge in [0.15, 0.2) is 0 Å². The minimum absolute atomic E-state index is 0.0353. The van der Waals surface area contributed by atoms with Crippen molar-refractivity contribution in [2.24, 2.45) is 0 Å². The van der Waals surface area contributed by atoms with Crippen LogP contribution in [-0.4, -0.2) is 42.0 Å². The summed E-state index contributed by atoms with van der Waals surface area (Å²) in [6.07, 6.45) is 0.549. The molecule has 3 aromatic rings. The number of likely N-dealkylation sites (tertiary alicyclic amines) is 1. The average Bonchev–Trinajstić information content (AvgIpc) is 3.13. The summed E-state index contributed by atoms with van der Waals surface area (Å²) in [5, 5.41) is 11.7. The van der Waals surface area contributed by atoms with E-state index in [0.29, 0.717) is 48.1 Å². The van der Waals surface area contributed by atoms with Crippen LogP contribution in [0.4, 0.5) is 0 Å². The van der Waals surface area contributed by atoms with Crippen molar-refractivity contribution in [1.29, 1.82) is 0 Å². The van der Waals surface area contributed by atoms with Crippen LogP contribution in [0.2, 0.25) is 5.02 Å². The molecule has 0 saturated carbocycles. The molecular formula is C29H28ClNO5. The number of nitrogens with zero attached hydrogens (tertiary/aromatic N) is 1. The number of methoxy groups -OCH3 is 1. The van der Waals surface area contributed by atoms with Gasteiger partial charge < -0.3 is 19.5 Å². The molecule has 36 heavy (non-hydrogen) atoms. The van der Waals surface area contributed by atoms with Crippen molar-refractivity contribution >= 4 is 29.1 Å². The van der Waals surface area contributed by atoms with E-state index in [9.17, 15) is 14.7 Å². The first-order valence-electron chi connectivity index (χ1n) is 11.7. The topological polar surface area (TPSA) is 76.1 Å². The zero-order valence-electron chi connectivity index (χ0n) is 20.2. The van der Waals surface area contributed by atoms with E-state index < -0.39 is 17.7 Å². The van der Waals surface area contributed by atoms with Gasteiger partial charge in [0.1, 0.15) is 18.1 Å². The number of aliphatic hydroxyl groups excluding tert-OH is 1. The van der Waals surface area contributed by atoms with E-state index in [0.717, 1.165) is 11.1 Å². The van der Waals surface area contributed by atoms with Gasteiger partial charge in [-0.3, -0.25) is 9.59 Å². The van der Waals surface area contributed by atoms with Crippen LogP contribution in [0.15, 0.2) is 78.4 Å². The fourth-order valence-corrected chi connectivity index (χ4v) is 4.54. The molecule has 0 aliphatic carbocycles. The molecule has 1 N–H and O–H groups in total. The van der Waals surface area contributed by atoms with Crippen LogP contribution < -0.4 is 4.74 Å². The van der Waals surface area contributed by atoms with Crippen LogP contribution in [0.1, 0.15) is 34.7 Å². The van der Waals surface area contributed by atoms with Crippen molar-refractivity contribution in [3.05, 3.63) is 106 Å². The van der Waals surface area contributed by atoms with Crippen LogP contribution in [0.3, 0.4) is 0 Å². The maximum absolute atomic E-state index is 13.1. The maximum atomic E-state index is 13.1. The summed E-state index contributed by atoms with van der Waals surface area (Å²) >= 11 is 6.21. The lowest BCUT2D eigenvalue weighted by Gasteiger charge is -2.25. The Morgan fingerprint density at radius 1 is 1.03 bits per heavy atom. The number of rotatable bonds is 9. The SMILES string of the molecule is COCCCN1C(=O)C(=O)/C(=C(/O)c2ccc(OCc3cccc(C)c3)cc2)[C@H]1c1cccc(Cl)c1. The van der Waals surface area contributed by atoms with E-state index in [1.807, 2.05) is 25.1 Å². The Kier molecular flexibility index (Phi) is 8.08. The fraction of sp³-hybridized carbons (Fsp3) is 0.241.